The minimum absolute atomic E-state index is 0.166. The molecule has 118 valence electrons. The quantitative estimate of drug-likeness (QED) is 0.752. The van der Waals surface area contributed by atoms with Gasteiger partial charge in [-0.2, -0.15) is 0 Å². The summed E-state index contributed by atoms with van der Waals surface area (Å²) in [6.07, 6.45) is 0. The Kier molecular flexibility index (Phi) is 4.37. The van der Waals surface area contributed by atoms with E-state index in [1.165, 1.54) is 4.85 Å². The highest BCUT2D eigenvalue weighted by Gasteiger charge is 2.08. The highest BCUT2D eigenvalue weighted by atomic mass is 16.7. The van der Waals surface area contributed by atoms with Crippen LogP contribution in [0.1, 0.15) is 6.92 Å². The molecule has 0 aliphatic rings. The van der Waals surface area contributed by atoms with Gasteiger partial charge in [-0.1, -0.05) is 17.0 Å². The van der Waals surface area contributed by atoms with Crippen LogP contribution in [0.25, 0.3) is 11.0 Å². The summed E-state index contributed by atoms with van der Waals surface area (Å²) >= 11 is 0. The number of ether oxygens (including phenoxy) is 1. The maximum absolute atomic E-state index is 11.9. The minimum atomic E-state index is -0.284. The third-order valence-corrected chi connectivity index (χ3v) is 3.09. The topological polar surface area (TPSA) is 78.3 Å². The van der Waals surface area contributed by atoms with Crippen LogP contribution in [-0.2, 0) is 4.79 Å². The summed E-state index contributed by atoms with van der Waals surface area (Å²) in [4.78, 5) is 18.5. The van der Waals surface area contributed by atoms with Gasteiger partial charge in [-0.25, -0.2) is 0 Å². The Balaban J connectivity index is 1.57. The van der Waals surface area contributed by atoms with Crippen molar-refractivity contribution >= 4 is 22.6 Å². The van der Waals surface area contributed by atoms with E-state index in [1.54, 1.807) is 24.3 Å². The van der Waals surface area contributed by atoms with Crippen molar-refractivity contribution in [1.29, 1.82) is 0 Å². The third kappa shape index (κ3) is 3.57. The van der Waals surface area contributed by atoms with Crippen LogP contribution in [0.4, 0.5) is 5.69 Å². The van der Waals surface area contributed by atoms with Gasteiger partial charge in [0.2, 0.25) is 0 Å². The normalized spacial score (nSPS) is 10.5. The van der Waals surface area contributed by atoms with Crippen LogP contribution in [0.5, 0.6) is 5.75 Å². The van der Waals surface area contributed by atoms with Crippen molar-refractivity contribution in [1.82, 2.24) is 15.2 Å². The van der Waals surface area contributed by atoms with Gasteiger partial charge in [-0.15, -0.1) is 5.10 Å². The molecule has 3 rings (SSSR count). The number of amides is 1. The zero-order chi connectivity index (χ0) is 16.1. The standard InChI is InChI=1S/C16H16N4O3/c1-2-22-13-9-7-12(8-10-13)17-16(21)11-23-20-15-6-4-3-5-14(15)18-19-20/h3-10H,2,11H2,1H3,(H,17,21). The maximum Gasteiger partial charge on any atom is 0.265 e. The number of hydrogen-bond donors (Lipinski definition) is 1. The first-order valence-corrected chi connectivity index (χ1v) is 7.22. The molecule has 7 nitrogen and oxygen atoms in total. The Morgan fingerprint density at radius 1 is 1.17 bits per heavy atom. The first kappa shape index (κ1) is 14.8. The predicted molar refractivity (Wildman–Crippen MR) is 85.2 cm³/mol. The predicted octanol–water partition coefficient (Wildman–Crippen LogP) is 1.90. The molecular weight excluding hydrogens is 296 g/mol. The smallest absolute Gasteiger partial charge is 0.265 e. The van der Waals surface area contributed by atoms with E-state index in [0.717, 1.165) is 5.75 Å². The van der Waals surface area contributed by atoms with Gasteiger partial charge in [0.05, 0.1) is 6.61 Å². The highest BCUT2D eigenvalue weighted by Crippen LogP contribution is 2.15. The van der Waals surface area contributed by atoms with Crippen LogP contribution >= 0.6 is 0 Å². The second-order valence-electron chi connectivity index (χ2n) is 4.73. The molecule has 7 heteroatoms. The third-order valence-electron chi connectivity index (χ3n) is 3.09. The molecule has 1 heterocycles. The second kappa shape index (κ2) is 6.78. The molecule has 3 aromatic rings. The number of carbonyl (C=O) groups excluding carboxylic acids is 1. The Morgan fingerprint density at radius 2 is 1.96 bits per heavy atom. The van der Waals surface area contributed by atoms with Crippen molar-refractivity contribution in [3.05, 3.63) is 48.5 Å². The molecule has 0 bridgehead atoms. The number of benzene rings is 2. The Labute approximate surface area is 132 Å². The number of nitrogens with one attached hydrogen (secondary N) is 1. The summed E-state index contributed by atoms with van der Waals surface area (Å²) in [6, 6.07) is 14.5. The number of hydrogen-bond acceptors (Lipinski definition) is 5. The van der Waals surface area contributed by atoms with Gasteiger partial charge in [0.15, 0.2) is 6.61 Å². The fourth-order valence-corrected chi connectivity index (χ4v) is 2.06. The Hall–Kier alpha value is -3.09. The monoisotopic (exact) mass is 312 g/mol. The lowest BCUT2D eigenvalue weighted by Crippen LogP contribution is -2.26. The molecule has 1 aromatic heterocycles. The molecule has 1 amide bonds. The van der Waals surface area contributed by atoms with Crippen molar-refractivity contribution in [2.24, 2.45) is 0 Å². The van der Waals surface area contributed by atoms with E-state index >= 15 is 0 Å². The van der Waals surface area contributed by atoms with Crippen molar-refractivity contribution in [3.8, 4) is 5.75 Å². The summed E-state index contributed by atoms with van der Waals surface area (Å²) in [7, 11) is 0. The summed E-state index contributed by atoms with van der Waals surface area (Å²) < 4.78 is 5.35. The van der Waals surface area contributed by atoms with E-state index < -0.39 is 0 Å². The molecule has 0 spiro atoms. The lowest BCUT2D eigenvalue weighted by molar-refractivity contribution is -0.121. The van der Waals surface area contributed by atoms with E-state index in [2.05, 4.69) is 15.6 Å². The van der Waals surface area contributed by atoms with Crippen LogP contribution < -0.4 is 14.9 Å². The molecule has 0 saturated heterocycles. The molecular formula is C16H16N4O3. The van der Waals surface area contributed by atoms with E-state index in [9.17, 15) is 4.79 Å². The average Bonchev–Trinajstić information content (AvgIpc) is 2.98. The zero-order valence-corrected chi connectivity index (χ0v) is 12.6. The number of rotatable bonds is 6. The number of anilines is 1. The number of carbonyl (C=O) groups is 1. The number of para-hydroxylation sites is 1. The van der Waals surface area contributed by atoms with Gasteiger partial charge in [0, 0.05) is 5.69 Å². The lowest BCUT2D eigenvalue weighted by Gasteiger charge is -2.08. The molecule has 0 fully saturated rings. The maximum atomic E-state index is 11.9. The van der Waals surface area contributed by atoms with Gasteiger partial charge in [0.1, 0.15) is 16.8 Å². The fraction of sp³-hybridized carbons (Fsp3) is 0.188. The molecule has 2 aromatic carbocycles. The first-order chi connectivity index (χ1) is 11.3. The first-order valence-electron chi connectivity index (χ1n) is 7.22. The van der Waals surface area contributed by atoms with Gasteiger partial charge in [0.25, 0.3) is 5.91 Å². The summed E-state index contributed by atoms with van der Waals surface area (Å²) in [5.41, 5.74) is 2.09. The van der Waals surface area contributed by atoms with Gasteiger partial charge >= 0.3 is 0 Å². The zero-order valence-electron chi connectivity index (χ0n) is 12.6. The Morgan fingerprint density at radius 3 is 2.74 bits per heavy atom. The van der Waals surface area contributed by atoms with Crippen molar-refractivity contribution < 1.29 is 14.4 Å². The lowest BCUT2D eigenvalue weighted by atomic mass is 10.3. The van der Waals surface area contributed by atoms with Gasteiger partial charge < -0.3 is 14.9 Å². The molecule has 0 aliphatic carbocycles. The molecule has 1 N–H and O–H groups in total. The number of nitrogens with zero attached hydrogens (tertiary/aromatic N) is 3. The van der Waals surface area contributed by atoms with E-state index in [-0.39, 0.29) is 12.5 Å². The summed E-state index contributed by atoms with van der Waals surface area (Å²) in [6.45, 7) is 2.35. The van der Waals surface area contributed by atoms with Crippen LogP contribution in [0.3, 0.4) is 0 Å². The van der Waals surface area contributed by atoms with Crippen LogP contribution in [0, 0.1) is 0 Å². The molecule has 23 heavy (non-hydrogen) atoms. The van der Waals surface area contributed by atoms with Crippen molar-refractivity contribution in [3.63, 3.8) is 0 Å². The molecule has 0 radical (unpaired) electrons. The van der Waals surface area contributed by atoms with Crippen molar-refractivity contribution in [2.45, 2.75) is 6.92 Å². The Bertz CT molecular complexity index is 798. The fourth-order valence-electron chi connectivity index (χ4n) is 2.06. The highest BCUT2D eigenvalue weighted by molar-refractivity contribution is 5.91. The number of fused-ring (bicyclic) bond motifs is 1. The largest absolute Gasteiger partial charge is 0.494 e. The van der Waals surface area contributed by atoms with Crippen LogP contribution in [0.15, 0.2) is 48.5 Å². The molecule has 0 aliphatic heterocycles. The molecule has 0 unspecified atom stereocenters. The van der Waals surface area contributed by atoms with Gasteiger partial charge in [-0.3, -0.25) is 4.79 Å². The van der Waals surface area contributed by atoms with E-state index in [4.69, 9.17) is 9.57 Å². The number of aromatic nitrogens is 3. The van der Waals surface area contributed by atoms with E-state index in [0.29, 0.717) is 23.3 Å². The second-order valence-corrected chi connectivity index (χ2v) is 4.73. The summed E-state index contributed by atoms with van der Waals surface area (Å²) in [5, 5.41) is 10.5. The van der Waals surface area contributed by atoms with Crippen molar-refractivity contribution in [2.75, 3.05) is 18.5 Å². The SMILES string of the molecule is CCOc1ccc(NC(=O)COn2nnc3ccccc32)cc1. The van der Waals surface area contributed by atoms with Gasteiger partial charge in [-0.05, 0) is 48.5 Å². The summed E-state index contributed by atoms with van der Waals surface area (Å²) in [5.74, 6) is 0.476. The average molecular weight is 312 g/mol. The molecule has 0 saturated carbocycles. The van der Waals surface area contributed by atoms with Crippen LogP contribution in [-0.4, -0.2) is 34.3 Å². The minimum Gasteiger partial charge on any atom is -0.494 e. The van der Waals surface area contributed by atoms with Crippen LogP contribution in [0.2, 0.25) is 0 Å². The van der Waals surface area contributed by atoms with E-state index in [1.807, 2.05) is 31.2 Å². The molecule has 0 atom stereocenters.